The number of carbonyl (C=O) groups excluding carboxylic acids is 1. The van der Waals surface area contributed by atoms with Crippen molar-refractivity contribution in [2.24, 2.45) is 0 Å². The summed E-state index contributed by atoms with van der Waals surface area (Å²) in [6.45, 7) is 4.03. The number of thiophene rings is 1. The molecule has 0 fully saturated rings. The van der Waals surface area contributed by atoms with E-state index in [1.807, 2.05) is 6.92 Å². The van der Waals surface area contributed by atoms with Gasteiger partial charge in [0.25, 0.3) is 0 Å². The van der Waals surface area contributed by atoms with E-state index in [1.165, 1.54) is 17.7 Å². The number of hydrogen-bond donors (Lipinski definition) is 0. The largest absolute Gasteiger partial charge is 0.462 e. The summed E-state index contributed by atoms with van der Waals surface area (Å²) in [4.78, 5) is 21.6. The molecule has 0 N–H and O–H groups in total. The van der Waals surface area contributed by atoms with E-state index in [2.05, 4.69) is 15.1 Å². The highest BCUT2D eigenvalue weighted by molar-refractivity contribution is 7.20. The van der Waals surface area contributed by atoms with E-state index in [-0.39, 0.29) is 5.97 Å². The highest BCUT2D eigenvalue weighted by atomic mass is 32.1. The molecule has 0 unspecified atom stereocenters. The Labute approximate surface area is 106 Å². The van der Waals surface area contributed by atoms with Crippen molar-refractivity contribution >= 4 is 33.2 Å². The fourth-order valence-corrected chi connectivity index (χ4v) is 2.90. The number of aromatic nitrogens is 4. The monoisotopic (exact) mass is 262 g/mol. The fraction of sp³-hybridized carbons (Fsp3) is 0.273. The summed E-state index contributed by atoms with van der Waals surface area (Å²) in [6.07, 6.45) is 3.06. The number of nitrogens with zero attached hydrogens (tertiary/aromatic N) is 4. The fourth-order valence-electron chi connectivity index (χ4n) is 1.86. The molecule has 0 atom stereocenters. The van der Waals surface area contributed by atoms with Gasteiger partial charge in [0.2, 0.25) is 0 Å². The van der Waals surface area contributed by atoms with Crippen LogP contribution in [0.3, 0.4) is 0 Å². The van der Waals surface area contributed by atoms with Crippen molar-refractivity contribution in [3.8, 4) is 0 Å². The van der Waals surface area contributed by atoms with Gasteiger partial charge >= 0.3 is 5.97 Å². The lowest BCUT2D eigenvalue weighted by molar-refractivity contribution is 0.0531. The van der Waals surface area contributed by atoms with Crippen LogP contribution in [0.2, 0.25) is 0 Å². The van der Waals surface area contributed by atoms with Gasteiger partial charge in [0.15, 0.2) is 5.65 Å². The molecule has 0 aliphatic rings. The van der Waals surface area contributed by atoms with E-state index in [0.29, 0.717) is 17.1 Å². The quantitative estimate of drug-likeness (QED) is 0.659. The lowest BCUT2D eigenvalue weighted by atomic mass is 10.2. The number of carbonyl (C=O) groups is 1. The molecule has 0 bridgehead atoms. The zero-order valence-electron chi connectivity index (χ0n) is 9.88. The van der Waals surface area contributed by atoms with Crippen molar-refractivity contribution < 1.29 is 9.53 Å². The normalized spacial score (nSPS) is 11.2. The number of fused-ring (bicyclic) bond motifs is 3. The molecule has 3 heterocycles. The van der Waals surface area contributed by atoms with Gasteiger partial charge in [-0.15, -0.1) is 11.3 Å². The lowest BCUT2D eigenvalue weighted by Crippen LogP contribution is -2.03. The zero-order chi connectivity index (χ0) is 12.7. The molecule has 0 aliphatic heterocycles. The number of ether oxygens (including phenoxy) is 1. The van der Waals surface area contributed by atoms with E-state index in [1.54, 1.807) is 17.8 Å². The highest BCUT2D eigenvalue weighted by Crippen LogP contribution is 2.31. The minimum Gasteiger partial charge on any atom is -0.462 e. The smallest absolute Gasteiger partial charge is 0.348 e. The maximum Gasteiger partial charge on any atom is 0.348 e. The Kier molecular flexibility index (Phi) is 2.48. The van der Waals surface area contributed by atoms with Gasteiger partial charge in [-0.25, -0.2) is 19.3 Å². The third-order valence-corrected chi connectivity index (χ3v) is 3.85. The minimum atomic E-state index is -0.310. The van der Waals surface area contributed by atoms with Crippen molar-refractivity contribution in [2.75, 3.05) is 6.61 Å². The average molecular weight is 262 g/mol. The van der Waals surface area contributed by atoms with Gasteiger partial charge in [0, 0.05) is 0 Å². The molecule has 7 heteroatoms. The highest BCUT2D eigenvalue weighted by Gasteiger charge is 2.19. The van der Waals surface area contributed by atoms with E-state index >= 15 is 0 Å². The second-order valence-corrected chi connectivity index (χ2v) is 4.73. The molecule has 0 aromatic carbocycles. The Morgan fingerprint density at radius 1 is 1.50 bits per heavy atom. The topological polar surface area (TPSA) is 69.4 Å². The van der Waals surface area contributed by atoms with E-state index in [9.17, 15) is 4.79 Å². The third-order valence-electron chi connectivity index (χ3n) is 2.67. The first-order valence-corrected chi connectivity index (χ1v) is 6.28. The van der Waals surface area contributed by atoms with Gasteiger partial charge in [-0.3, -0.25) is 0 Å². The van der Waals surface area contributed by atoms with Crippen LogP contribution in [0.15, 0.2) is 12.7 Å². The molecular weight excluding hydrogens is 252 g/mol. The second-order valence-electron chi connectivity index (χ2n) is 3.73. The maximum atomic E-state index is 11.8. The summed E-state index contributed by atoms with van der Waals surface area (Å²) in [5.41, 5.74) is 1.56. The summed E-state index contributed by atoms with van der Waals surface area (Å²) in [5, 5.41) is 4.90. The van der Waals surface area contributed by atoms with Crippen LogP contribution in [0.5, 0.6) is 0 Å². The number of hydrogen-bond acceptors (Lipinski definition) is 6. The van der Waals surface area contributed by atoms with Crippen molar-refractivity contribution in [1.29, 1.82) is 0 Å². The Morgan fingerprint density at radius 3 is 3.11 bits per heavy atom. The predicted molar refractivity (Wildman–Crippen MR) is 66.9 cm³/mol. The molecule has 0 spiro atoms. The zero-order valence-corrected chi connectivity index (χ0v) is 10.7. The van der Waals surface area contributed by atoms with Crippen molar-refractivity contribution in [3.05, 3.63) is 23.1 Å². The van der Waals surface area contributed by atoms with Crippen LogP contribution in [0.25, 0.3) is 15.9 Å². The molecule has 3 aromatic heterocycles. The van der Waals surface area contributed by atoms with Crippen LogP contribution in [0, 0.1) is 6.92 Å². The van der Waals surface area contributed by atoms with Crippen LogP contribution in [0.4, 0.5) is 0 Å². The first kappa shape index (κ1) is 11.1. The second kappa shape index (κ2) is 4.02. The molecule has 0 amide bonds. The first-order chi connectivity index (χ1) is 8.72. The van der Waals surface area contributed by atoms with Crippen LogP contribution in [-0.4, -0.2) is 32.2 Å². The molecule has 3 rings (SSSR count). The lowest BCUT2D eigenvalue weighted by Gasteiger charge is -1.99. The van der Waals surface area contributed by atoms with Crippen molar-refractivity contribution in [2.45, 2.75) is 13.8 Å². The molecule has 0 saturated heterocycles. The van der Waals surface area contributed by atoms with Crippen LogP contribution < -0.4 is 0 Å². The standard InChI is InChI=1S/C11H10N4O2S/c1-3-17-11(16)8-6(2)7-9-12-4-14-15(9)5-13-10(7)18-8/h4-5H,3H2,1-2H3. The summed E-state index contributed by atoms with van der Waals surface area (Å²) in [5.74, 6) is -0.310. The molecule has 0 aliphatic carbocycles. The van der Waals surface area contributed by atoms with E-state index in [4.69, 9.17) is 4.74 Å². The van der Waals surface area contributed by atoms with Crippen LogP contribution in [0.1, 0.15) is 22.2 Å². The summed E-state index contributed by atoms with van der Waals surface area (Å²) >= 11 is 1.32. The number of aryl methyl sites for hydroxylation is 1. The molecule has 18 heavy (non-hydrogen) atoms. The predicted octanol–water partition coefficient (Wildman–Crippen LogP) is 1.82. The Balaban J connectivity index is 2.30. The molecule has 92 valence electrons. The number of rotatable bonds is 2. The Morgan fingerprint density at radius 2 is 2.33 bits per heavy atom. The Bertz CT molecular complexity index is 746. The van der Waals surface area contributed by atoms with Crippen LogP contribution in [-0.2, 0) is 4.74 Å². The van der Waals surface area contributed by atoms with Crippen molar-refractivity contribution in [3.63, 3.8) is 0 Å². The summed E-state index contributed by atoms with van der Waals surface area (Å²) in [7, 11) is 0. The molecule has 0 saturated carbocycles. The molecular formula is C11H10N4O2S. The molecule has 3 aromatic rings. The maximum absolute atomic E-state index is 11.8. The van der Waals surface area contributed by atoms with Gasteiger partial charge in [0.05, 0.1) is 12.0 Å². The molecule has 0 radical (unpaired) electrons. The Hall–Kier alpha value is -2.02. The average Bonchev–Trinajstić information content (AvgIpc) is 2.93. The molecule has 6 nitrogen and oxygen atoms in total. The SMILES string of the molecule is CCOC(=O)c1sc2ncn3ncnc3c2c1C. The summed E-state index contributed by atoms with van der Waals surface area (Å²) in [6, 6.07) is 0. The van der Waals surface area contributed by atoms with Gasteiger partial charge in [-0.1, -0.05) is 0 Å². The number of esters is 1. The van der Waals surface area contributed by atoms with Crippen LogP contribution >= 0.6 is 11.3 Å². The minimum absolute atomic E-state index is 0.310. The first-order valence-electron chi connectivity index (χ1n) is 5.47. The van der Waals surface area contributed by atoms with Gasteiger partial charge in [0.1, 0.15) is 22.4 Å². The summed E-state index contributed by atoms with van der Waals surface area (Å²) < 4.78 is 6.63. The van der Waals surface area contributed by atoms with Gasteiger partial charge in [-0.2, -0.15) is 5.10 Å². The van der Waals surface area contributed by atoms with Gasteiger partial charge in [-0.05, 0) is 19.4 Å². The van der Waals surface area contributed by atoms with E-state index < -0.39 is 0 Å². The van der Waals surface area contributed by atoms with E-state index in [0.717, 1.165) is 15.8 Å². The van der Waals surface area contributed by atoms with Crippen molar-refractivity contribution in [1.82, 2.24) is 19.6 Å². The van der Waals surface area contributed by atoms with Gasteiger partial charge < -0.3 is 4.74 Å². The third kappa shape index (κ3) is 1.47.